The number of nitrogen functional groups attached to an aromatic ring is 2. The second kappa shape index (κ2) is 7.72. The number of rotatable bonds is 4. The van der Waals surface area contributed by atoms with Gasteiger partial charge in [0.15, 0.2) is 0 Å². The summed E-state index contributed by atoms with van der Waals surface area (Å²) >= 11 is 0. The first kappa shape index (κ1) is 16.5. The maximum Gasteiger partial charge on any atom is 0.142 e. The molecule has 7 nitrogen and oxygen atoms in total. The number of aliphatic hydroxyl groups excluding tert-OH is 2. The molecule has 0 aliphatic carbocycles. The number of anilines is 2. The van der Waals surface area contributed by atoms with Crippen molar-refractivity contribution in [3.63, 3.8) is 0 Å². The number of aliphatic hydroxyl groups is 2. The largest absolute Gasteiger partial charge is 0.510 e. The van der Waals surface area contributed by atoms with Crippen LogP contribution in [0.25, 0.3) is 0 Å². The SMILES string of the molecule is C=C(O)COCC(=C)O.Nc1cc(N)c(O)cc1O. The smallest absolute Gasteiger partial charge is 0.142 e. The molecule has 0 saturated carbocycles. The summed E-state index contributed by atoms with van der Waals surface area (Å²) in [7, 11) is 0. The van der Waals surface area contributed by atoms with Crippen molar-refractivity contribution in [1.82, 2.24) is 0 Å². The summed E-state index contributed by atoms with van der Waals surface area (Å²) in [6.07, 6.45) is 0. The quantitative estimate of drug-likeness (QED) is 0.210. The van der Waals surface area contributed by atoms with Gasteiger partial charge in [0.1, 0.15) is 36.2 Å². The summed E-state index contributed by atoms with van der Waals surface area (Å²) in [4.78, 5) is 0. The van der Waals surface area contributed by atoms with Crippen molar-refractivity contribution in [2.45, 2.75) is 0 Å². The zero-order chi connectivity index (χ0) is 15.0. The Morgan fingerprint density at radius 1 is 0.947 bits per heavy atom. The Hall–Kier alpha value is -2.54. The maximum absolute atomic E-state index is 8.88. The first-order chi connectivity index (χ1) is 8.73. The maximum atomic E-state index is 8.88. The van der Waals surface area contributed by atoms with Crippen molar-refractivity contribution in [2.75, 3.05) is 24.7 Å². The van der Waals surface area contributed by atoms with Crippen LogP contribution in [0.5, 0.6) is 11.5 Å². The molecule has 0 heterocycles. The molecule has 0 fully saturated rings. The van der Waals surface area contributed by atoms with E-state index in [1.54, 1.807) is 0 Å². The predicted octanol–water partition coefficient (Wildman–Crippen LogP) is 1.41. The van der Waals surface area contributed by atoms with Crippen LogP contribution in [0.3, 0.4) is 0 Å². The first-order valence-corrected chi connectivity index (χ1v) is 5.12. The molecule has 0 aliphatic heterocycles. The Labute approximate surface area is 110 Å². The molecule has 0 atom stereocenters. The third-order valence-corrected chi connectivity index (χ3v) is 1.71. The average Bonchev–Trinajstić information content (AvgIpc) is 2.26. The first-order valence-electron chi connectivity index (χ1n) is 5.12. The van der Waals surface area contributed by atoms with E-state index in [0.29, 0.717) is 0 Å². The van der Waals surface area contributed by atoms with Crippen molar-refractivity contribution in [3.8, 4) is 11.5 Å². The normalized spacial score (nSPS) is 9.26. The van der Waals surface area contributed by atoms with Gasteiger partial charge in [0.05, 0.1) is 11.4 Å². The van der Waals surface area contributed by atoms with Gasteiger partial charge in [-0.05, 0) is 6.07 Å². The summed E-state index contributed by atoms with van der Waals surface area (Å²) in [5, 5.41) is 34.6. The monoisotopic (exact) mass is 270 g/mol. The second-order valence-electron chi connectivity index (χ2n) is 3.60. The number of hydrogen-bond acceptors (Lipinski definition) is 7. The van der Waals surface area contributed by atoms with Gasteiger partial charge in [-0.3, -0.25) is 0 Å². The molecule has 0 spiro atoms. The van der Waals surface area contributed by atoms with E-state index in [1.807, 2.05) is 0 Å². The Bertz CT molecular complexity index is 395. The Balaban J connectivity index is 0.000000344. The molecular weight excluding hydrogens is 252 g/mol. The zero-order valence-corrected chi connectivity index (χ0v) is 10.3. The highest BCUT2D eigenvalue weighted by Crippen LogP contribution is 2.30. The minimum atomic E-state index is -0.160. The lowest BCUT2D eigenvalue weighted by molar-refractivity contribution is 0.124. The van der Waals surface area contributed by atoms with Crippen LogP contribution in [-0.4, -0.2) is 33.6 Å². The molecule has 1 aromatic rings. The minimum Gasteiger partial charge on any atom is -0.510 e. The van der Waals surface area contributed by atoms with Gasteiger partial charge >= 0.3 is 0 Å². The van der Waals surface area contributed by atoms with Crippen molar-refractivity contribution in [3.05, 3.63) is 36.8 Å². The number of nitrogens with two attached hydrogens (primary N) is 2. The van der Waals surface area contributed by atoms with E-state index in [9.17, 15) is 0 Å². The Morgan fingerprint density at radius 3 is 1.58 bits per heavy atom. The molecule has 0 unspecified atom stereocenters. The molecule has 106 valence electrons. The van der Waals surface area contributed by atoms with Crippen LogP contribution in [0.4, 0.5) is 11.4 Å². The molecule has 1 aromatic carbocycles. The van der Waals surface area contributed by atoms with Crippen molar-refractivity contribution in [2.24, 2.45) is 0 Å². The molecule has 0 radical (unpaired) electrons. The van der Waals surface area contributed by atoms with E-state index < -0.39 is 0 Å². The fourth-order valence-electron chi connectivity index (χ4n) is 0.898. The highest BCUT2D eigenvalue weighted by atomic mass is 16.5. The fourth-order valence-corrected chi connectivity index (χ4v) is 0.898. The number of phenols is 2. The topological polar surface area (TPSA) is 142 Å². The molecule has 7 heteroatoms. The van der Waals surface area contributed by atoms with Gasteiger partial charge in [-0.1, -0.05) is 13.2 Å². The van der Waals surface area contributed by atoms with Crippen LogP contribution >= 0.6 is 0 Å². The molecule has 0 saturated heterocycles. The molecule has 1 rings (SSSR count). The van der Waals surface area contributed by atoms with Gasteiger partial charge in [0.2, 0.25) is 0 Å². The van der Waals surface area contributed by atoms with E-state index in [4.69, 9.17) is 31.9 Å². The van der Waals surface area contributed by atoms with Crippen LogP contribution in [-0.2, 0) is 4.74 Å². The van der Waals surface area contributed by atoms with Gasteiger partial charge in [-0.2, -0.15) is 0 Å². The second-order valence-corrected chi connectivity index (χ2v) is 3.60. The molecule has 0 amide bonds. The molecule has 19 heavy (non-hydrogen) atoms. The van der Waals surface area contributed by atoms with Crippen LogP contribution in [0.2, 0.25) is 0 Å². The van der Waals surface area contributed by atoms with Gasteiger partial charge in [-0.25, -0.2) is 0 Å². The highest BCUT2D eigenvalue weighted by molar-refractivity contribution is 5.66. The van der Waals surface area contributed by atoms with E-state index in [0.717, 1.165) is 6.07 Å². The van der Waals surface area contributed by atoms with Crippen LogP contribution in [0.15, 0.2) is 36.8 Å². The van der Waals surface area contributed by atoms with E-state index in [1.165, 1.54) is 6.07 Å². The summed E-state index contributed by atoms with van der Waals surface area (Å²) in [5.41, 5.74) is 10.8. The fraction of sp³-hybridized carbons (Fsp3) is 0.167. The number of phenolic OH excluding ortho intramolecular Hbond substituents is 2. The molecule has 0 aliphatic rings. The number of aromatic hydroxyl groups is 2. The van der Waals surface area contributed by atoms with Crippen molar-refractivity contribution >= 4 is 11.4 Å². The summed E-state index contributed by atoms with van der Waals surface area (Å²) in [6, 6.07) is 2.40. The lowest BCUT2D eigenvalue weighted by atomic mass is 10.2. The van der Waals surface area contributed by atoms with Gasteiger partial charge in [-0.15, -0.1) is 0 Å². The molecule has 0 bridgehead atoms. The van der Waals surface area contributed by atoms with E-state index >= 15 is 0 Å². The van der Waals surface area contributed by atoms with Crippen molar-refractivity contribution in [1.29, 1.82) is 0 Å². The molecule has 8 N–H and O–H groups in total. The van der Waals surface area contributed by atoms with E-state index in [-0.39, 0.29) is 47.6 Å². The average molecular weight is 270 g/mol. The van der Waals surface area contributed by atoms with E-state index in [2.05, 4.69) is 17.9 Å². The Morgan fingerprint density at radius 2 is 1.32 bits per heavy atom. The zero-order valence-electron chi connectivity index (χ0n) is 10.3. The lowest BCUT2D eigenvalue weighted by Crippen LogP contribution is -1.99. The van der Waals surface area contributed by atoms with Crippen molar-refractivity contribution < 1.29 is 25.2 Å². The molecular formula is C12H18N2O5. The third kappa shape index (κ3) is 7.40. The van der Waals surface area contributed by atoms with Gasteiger partial charge in [0.25, 0.3) is 0 Å². The van der Waals surface area contributed by atoms with Crippen LogP contribution in [0.1, 0.15) is 0 Å². The van der Waals surface area contributed by atoms with Gasteiger partial charge in [0, 0.05) is 6.07 Å². The standard InChI is InChI=1S/C6H8N2O2.C6H10O3/c7-3-1-4(8)6(10)2-5(3)9;1-5(7)3-9-4-6(2)8/h1-2,9-10H,7-8H2;7-8H,1-4H2. The summed E-state index contributed by atoms with van der Waals surface area (Å²) in [5.74, 6) is -0.439. The number of benzene rings is 1. The predicted molar refractivity (Wildman–Crippen MR) is 73.0 cm³/mol. The number of hydrogen-bond donors (Lipinski definition) is 6. The van der Waals surface area contributed by atoms with Gasteiger partial charge < -0.3 is 36.6 Å². The van der Waals surface area contributed by atoms with Crippen LogP contribution in [0, 0.1) is 0 Å². The minimum absolute atomic E-state index is 0.0412. The third-order valence-electron chi connectivity index (χ3n) is 1.71. The summed E-state index contributed by atoms with van der Waals surface area (Å²) in [6.45, 7) is 6.42. The molecule has 0 aromatic heterocycles. The lowest BCUT2D eigenvalue weighted by Gasteiger charge is -2.01. The number of ether oxygens (including phenoxy) is 1. The van der Waals surface area contributed by atoms with Crippen LogP contribution < -0.4 is 11.5 Å². The summed E-state index contributed by atoms with van der Waals surface area (Å²) < 4.78 is 4.66. The highest BCUT2D eigenvalue weighted by Gasteiger charge is 2.01. The Kier molecular flexibility index (Phi) is 6.69.